The standard InChI is InChI=1S/C62H92N13O13P/c1-30-21-40-41(22-31(30)2)75(29-70-40)57-52(83)53(42(28-76)86-57)88-89(84,85)87-32(3)27-69-20-12-19-59(8)38(23-47(66)80)56-62(11)61(10,26-49(68)82)37(15-18-46(65)79)51(74-62)34(5)55-60(9,25-48(67)81)35(13-16-44(63)77)39(71-55)24-43-58(6,7)36(14-17-45(64)78)50(72-43)33(4)54(59)73-56/h21-22,24,29,32,35-38,42,52-53,56-57,69,71,76,83H,12-20,23,25-28H2,1-11H3,(H2,63,77)(H2,64,78)(H2,65,79)(H2,66,80)(H2,67,81)(H2,68,82)(H,84,85)/b39-24?,50-33?,55-34-/t32?,35-,36-,37-,38+,42-,52-,53-,56-,57+,59-,60+,61+,62+/m1/s1. The van der Waals surface area contributed by atoms with Gasteiger partial charge in [0.1, 0.15) is 18.3 Å². The van der Waals surface area contributed by atoms with E-state index in [1.54, 1.807) is 11.5 Å². The molecule has 0 radical (unpaired) electrons. The van der Waals surface area contributed by atoms with Crippen LogP contribution in [0.25, 0.3) is 11.0 Å². The number of nitrogens with one attached hydrogen (secondary N) is 2. The molecule has 2 fully saturated rings. The summed E-state index contributed by atoms with van der Waals surface area (Å²) in [4.78, 5) is 112. The van der Waals surface area contributed by atoms with E-state index in [0.717, 1.165) is 11.1 Å². The van der Waals surface area contributed by atoms with Crippen molar-refractivity contribution in [1.29, 1.82) is 0 Å². The number of imidazole rings is 1. The first-order valence-electron chi connectivity index (χ1n) is 30.6. The van der Waals surface area contributed by atoms with Crippen LogP contribution in [0.1, 0.15) is 150 Å². The van der Waals surface area contributed by atoms with Gasteiger partial charge in [-0.25, -0.2) is 9.55 Å². The third kappa shape index (κ3) is 13.1. The molecule has 0 spiro atoms. The molecule has 2 saturated heterocycles. The number of carbonyl (C=O) groups is 6. The molecule has 1 aromatic carbocycles. The number of carbonyl (C=O) groups excluding carboxylic acids is 6. The van der Waals surface area contributed by atoms with Crippen molar-refractivity contribution in [3.05, 3.63) is 63.9 Å². The van der Waals surface area contributed by atoms with E-state index in [4.69, 9.17) is 63.2 Å². The van der Waals surface area contributed by atoms with Crippen molar-refractivity contribution in [2.24, 2.45) is 94.7 Å². The van der Waals surface area contributed by atoms with E-state index in [1.807, 2.05) is 87.4 Å². The quantitative estimate of drug-likeness (QED) is 0.0449. The summed E-state index contributed by atoms with van der Waals surface area (Å²) in [5.74, 6) is -6.05. The third-order valence-electron chi connectivity index (χ3n) is 20.6. The minimum atomic E-state index is -4.94. The first-order chi connectivity index (χ1) is 41.4. The second-order valence-electron chi connectivity index (χ2n) is 27.1. The van der Waals surface area contributed by atoms with Crippen molar-refractivity contribution >= 4 is 71.4 Å². The molecule has 27 heteroatoms. The van der Waals surface area contributed by atoms with Crippen LogP contribution in [0.2, 0.25) is 0 Å². The lowest BCUT2D eigenvalue weighted by atomic mass is 9.55. The second kappa shape index (κ2) is 25.6. The number of aromatic nitrogens is 2. The van der Waals surface area contributed by atoms with E-state index >= 15 is 0 Å². The number of phosphoric acid groups is 1. The highest BCUT2D eigenvalue weighted by Gasteiger charge is 2.66. The Bertz CT molecular complexity index is 3450. The lowest BCUT2D eigenvalue weighted by molar-refractivity contribution is -0.123. The van der Waals surface area contributed by atoms with E-state index in [-0.39, 0.29) is 64.3 Å². The molecule has 7 heterocycles. The van der Waals surface area contributed by atoms with E-state index in [2.05, 4.69) is 15.6 Å². The smallest absolute Gasteiger partial charge is 0.394 e. The first kappa shape index (κ1) is 68.4. The van der Waals surface area contributed by atoms with E-state index in [9.17, 15) is 48.4 Å². The summed E-state index contributed by atoms with van der Waals surface area (Å²) >= 11 is 0. The maximum atomic E-state index is 13.8. The number of primary amides is 6. The summed E-state index contributed by atoms with van der Waals surface area (Å²) in [5, 5.41) is 28.8. The third-order valence-corrected chi connectivity index (χ3v) is 21.8. The van der Waals surface area contributed by atoms with Crippen LogP contribution < -0.4 is 45.0 Å². The molecule has 6 aliphatic heterocycles. The van der Waals surface area contributed by atoms with Gasteiger partial charge in [0, 0.05) is 125 Å². The fourth-order valence-electron chi connectivity index (χ4n) is 15.6. The number of nitrogens with zero attached hydrogens (tertiary/aromatic N) is 5. The van der Waals surface area contributed by atoms with Crippen LogP contribution in [0.5, 0.6) is 0 Å². The zero-order valence-electron chi connectivity index (χ0n) is 53.1. The van der Waals surface area contributed by atoms with Crippen LogP contribution in [-0.4, -0.2) is 133 Å². The molecule has 1 aromatic heterocycles. The van der Waals surface area contributed by atoms with Crippen molar-refractivity contribution in [2.75, 3.05) is 19.7 Å². The van der Waals surface area contributed by atoms with Gasteiger partial charge in [0.15, 0.2) is 6.23 Å². The Labute approximate surface area is 519 Å². The largest absolute Gasteiger partial charge is 0.472 e. The SMILES string of the molecule is CC1=C2N=C(C=C3N/C(=C(/C)C4=N[C@@](C)([C@@H]5N=C1[C@](C)(CCCNCC(C)OP(=O)(O)O[C@H]1[C@@H](O)[C@@H](n6cnc7cc(C)c(C)cc76)O[C@@H]1CO)[C@H]5CC(N)=O)[C@@](C)(CC(N)=O)[C@@H]4CCC(N)=O)[C@@](C)(CC(N)=O)[C@@H]3CCC(N)=O)C(C)(C)[C@@H]2CCC(N)=O. The summed E-state index contributed by atoms with van der Waals surface area (Å²) in [7, 11) is -4.94. The first-order valence-corrected chi connectivity index (χ1v) is 32.1. The van der Waals surface area contributed by atoms with Gasteiger partial charge in [0.25, 0.3) is 0 Å². The van der Waals surface area contributed by atoms with E-state index in [1.165, 1.54) is 6.33 Å². The predicted molar refractivity (Wildman–Crippen MR) is 333 cm³/mol. The van der Waals surface area contributed by atoms with Gasteiger partial charge in [0.2, 0.25) is 35.4 Å². The molecule has 26 nitrogen and oxygen atoms in total. The molecule has 2 aromatic rings. The number of hydrogen-bond donors (Lipinski definition) is 11. The highest BCUT2D eigenvalue weighted by molar-refractivity contribution is 7.47. The minimum absolute atomic E-state index is 0.00656. The average molecular weight is 1260 g/mol. The Morgan fingerprint density at radius 3 is 2.02 bits per heavy atom. The monoisotopic (exact) mass is 1260 g/mol. The predicted octanol–water partition coefficient (Wildman–Crippen LogP) is 3.64. The molecule has 8 bridgehead atoms. The number of benzene rings is 1. The van der Waals surface area contributed by atoms with Crippen molar-refractivity contribution in [1.82, 2.24) is 20.2 Å². The summed E-state index contributed by atoms with van der Waals surface area (Å²) < 4.78 is 32.5. The molecule has 6 amide bonds. The van der Waals surface area contributed by atoms with Gasteiger partial charge in [-0.15, -0.1) is 0 Å². The Morgan fingerprint density at radius 1 is 0.820 bits per heavy atom. The Kier molecular flexibility index (Phi) is 19.7. The van der Waals surface area contributed by atoms with Gasteiger partial charge < -0.3 is 69.4 Å². The Balaban J connectivity index is 1.18. The van der Waals surface area contributed by atoms with E-state index in [0.29, 0.717) is 75.8 Å². The molecule has 0 saturated carbocycles. The summed E-state index contributed by atoms with van der Waals surface area (Å²) in [6.45, 7) is 20.6. The number of amides is 6. The maximum absolute atomic E-state index is 13.8. The molecule has 89 heavy (non-hydrogen) atoms. The number of nitrogens with two attached hydrogens (primary N) is 6. The number of aliphatic imine (C=N–C) groups is 3. The van der Waals surface area contributed by atoms with Gasteiger partial charge in [-0.1, -0.05) is 34.6 Å². The number of phosphoric ester groups is 1. The number of ether oxygens (including phenoxy) is 1. The Hall–Kier alpha value is -6.51. The topological polar surface area (TPSA) is 443 Å². The zero-order chi connectivity index (χ0) is 65.8. The minimum Gasteiger partial charge on any atom is -0.394 e. The number of rotatable bonds is 27. The van der Waals surface area contributed by atoms with Crippen LogP contribution in [0.4, 0.5) is 0 Å². The molecule has 0 aliphatic carbocycles. The number of hydrogen-bond acceptors (Lipinski definition) is 18. The molecule has 17 N–H and O–H groups in total. The van der Waals surface area contributed by atoms with Crippen molar-refractivity contribution < 1.29 is 62.2 Å². The fourth-order valence-corrected chi connectivity index (χ4v) is 16.8. The summed E-state index contributed by atoms with van der Waals surface area (Å²) in [5.41, 5.74) is 38.7. The number of allylic oxidation sites excluding steroid dienone is 6. The molecular weight excluding hydrogens is 1170 g/mol. The normalized spacial score (nSPS) is 33.2. The van der Waals surface area contributed by atoms with Crippen LogP contribution in [0, 0.1) is 59.2 Å². The number of aliphatic hydroxyl groups excluding tert-OH is 2. The van der Waals surface area contributed by atoms with Crippen LogP contribution in [-0.2, 0) is 47.1 Å². The van der Waals surface area contributed by atoms with Gasteiger partial charge in [-0.2, -0.15) is 0 Å². The molecule has 8 rings (SSSR count). The fraction of sp³-hybridized carbons (Fsp3) is 0.645. The second-order valence-corrected chi connectivity index (χ2v) is 28.4. The van der Waals surface area contributed by atoms with Crippen LogP contribution in [0.3, 0.4) is 0 Å². The average Bonchev–Trinajstić information content (AvgIpc) is 1.59. The highest BCUT2D eigenvalue weighted by atomic mass is 31.2. The molecular formula is C62H92N13O13P. The van der Waals surface area contributed by atoms with Crippen LogP contribution >= 0.6 is 7.82 Å². The lowest BCUT2D eigenvalue weighted by Crippen LogP contribution is -2.56. The van der Waals surface area contributed by atoms with Crippen molar-refractivity contribution in [3.8, 4) is 0 Å². The van der Waals surface area contributed by atoms with Crippen molar-refractivity contribution in [3.63, 3.8) is 0 Å². The number of aryl methyl sites for hydroxylation is 2. The molecule has 488 valence electrons. The zero-order valence-corrected chi connectivity index (χ0v) is 53.9. The van der Waals surface area contributed by atoms with Crippen LogP contribution in [0.15, 0.2) is 67.8 Å². The summed E-state index contributed by atoms with van der Waals surface area (Å²) in [6, 6.07) is 2.87. The maximum Gasteiger partial charge on any atom is 0.472 e. The van der Waals surface area contributed by atoms with E-state index < -0.39 is 137 Å². The number of fused-ring (bicyclic) bond motifs is 7. The highest BCUT2D eigenvalue weighted by Crippen LogP contribution is 2.62. The van der Waals surface area contributed by atoms with Gasteiger partial charge in [-0.3, -0.25) is 52.8 Å². The van der Waals surface area contributed by atoms with Gasteiger partial charge >= 0.3 is 7.82 Å². The van der Waals surface area contributed by atoms with Gasteiger partial charge in [-0.05, 0) is 121 Å². The van der Waals surface area contributed by atoms with Crippen molar-refractivity contribution in [2.45, 2.75) is 189 Å². The number of aliphatic hydroxyl groups is 2. The summed E-state index contributed by atoms with van der Waals surface area (Å²) in [6.07, 6.45) is -2.25. The Morgan fingerprint density at radius 2 is 1.43 bits per heavy atom. The molecule has 2 unspecified atom stereocenters. The molecule has 6 aliphatic rings. The lowest BCUT2D eigenvalue weighted by Gasteiger charge is -2.48. The molecule has 15 atom stereocenters. The van der Waals surface area contributed by atoms with Gasteiger partial charge in [0.05, 0.1) is 41.7 Å².